The number of amides is 1. The van der Waals surface area contributed by atoms with Gasteiger partial charge in [0.05, 0.1) is 6.42 Å². The van der Waals surface area contributed by atoms with Crippen LogP contribution in [0.4, 0.5) is 4.39 Å². The molecule has 1 rings (SSSR count). The van der Waals surface area contributed by atoms with Crippen molar-refractivity contribution in [3.63, 3.8) is 0 Å². The van der Waals surface area contributed by atoms with Crippen molar-refractivity contribution in [2.45, 2.75) is 13.3 Å². The highest BCUT2D eigenvalue weighted by atomic mass is 32.1. The maximum Gasteiger partial charge on any atom is 0.230 e. The molecule has 0 bridgehead atoms. The lowest BCUT2D eigenvalue weighted by Crippen LogP contribution is -2.39. The predicted octanol–water partition coefficient (Wildman–Crippen LogP) is 2.18. The Balaban J connectivity index is 2.70. The van der Waals surface area contributed by atoms with Crippen molar-refractivity contribution in [2.75, 3.05) is 6.54 Å². The summed E-state index contributed by atoms with van der Waals surface area (Å²) in [6.45, 7) is 5.76. The minimum absolute atomic E-state index is 0.0602. The monoisotopic (exact) mass is 266 g/mol. The molecule has 0 saturated carbocycles. The molecule has 0 saturated heterocycles. The third kappa shape index (κ3) is 4.25. The van der Waals surface area contributed by atoms with E-state index in [0.717, 1.165) is 0 Å². The highest BCUT2D eigenvalue weighted by molar-refractivity contribution is 7.80. The van der Waals surface area contributed by atoms with Gasteiger partial charge in [0.25, 0.3) is 0 Å². The zero-order valence-corrected chi connectivity index (χ0v) is 10.9. The van der Waals surface area contributed by atoms with E-state index in [9.17, 15) is 9.18 Å². The zero-order chi connectivity index (χ0) is 13.5. The Morgan fingerprint density at radius 1 is 1.44 bits per heavy atom. The summed E-state index contributed by atoms with van der Waals surface area (Å²) in [5.41, 5.74) is 0.934. The van der Waals surface area contributed by atoms with Gasteiger partial charge in [0.1, 0.15) is 5.83 Å². The number of carbonyl (C=O) groups is 1. The second kappa shape index (κ2) is 6.86. The second-order valence-electron chi connectivity index (χ2n) is 3.65. The van der Waals surface area contributed by atoms with Crippen LogP contribution in [0.15, 0.2) is 30.8 Å². The van der Waals surface area contributed by atoms with Gasteiger partial charge in [-0.2, -0.15) is 0 Å². The third-order valence-corrected chi connectivity index (χ3v) is 2.50. The third-order valence-electron chi connectivity index (χ3n) is 2.25. The molecule has 3 nitrogen and oxygen atoms in total. The predicted molar refractivity (Wildman–Crippen MR) is 74.7 cm³/mol. The average Bonchev–Trinajstić information content (AvgIpc) is 2.29. The fourth-order valence-electron chi connectivity index (χ4n) is 1.49. The molecule has 18 heavy (non-hydrogen) atoms. The van der Waals surface area contributed by atoms with Crippen LogP contribution in [-0.4, -0.2) is 17.6 Å². The SMILES string of the molecule is C=C(F)c1ccccc1CC(=O)NC(=S)NCC. The average molecular weight is 266 g/mol. The van der Waals surface area contributed by atoms with E-state index in [1.54, 1.807) is 24.3 Å². The number of thiocarbonyl (C=S) groups is 1. The second-order valence-corrected chi connectivity index (χ2v) is 4.05. The number of hydrogen-bond donors (Lipinski definition) is 2. The first-order valence-electron chi connectivity index (χ1n) is 5.55. The molecule has 2 N–H and O–H groups in total. The van der Waals surface area contributed by atoms with E-state index in [2.05, 4.69) is 17.2 Å². The normalized spacial score (nSPS) is 9.67. The van der Waals surface area contributed by atoms with Crippen LogP contribution in [0.2, 0.25) is 0 Å². The summed E-state index contributed by atoms with van der Waals surface area (Å²) < 4.78 is 13.2. The zero-order valence-electron chi connectivity index (χ0n) is 10.1. The number of benzene rings is 1. The summed E-state index contributed by atoms with van der Waals surface area (Å²) in [4.78, 5) is 11.7. The molecule has 0 heterocycles. The van der Waals surface area contributed by atoms with Gasteiger partial charge in [0, 0.05) is 12.1 Å². The van der Waals surface area contributed by atoms with Crippen molar-refractivity contribution >= 4 is 29.1 Å². The quantitative estimate of drug-likeness (QED) is 0.821. The van der Waals surface area contributed by atoms with Gasteiger partial charge in [-0.1, -0.05) is 30.8 Å². The van der Waals surface area contributed by atoms with E-state index in [1.807, 2.05) is 6.92 Å². The first-order chi connectivity index (χ1) is 8.54. The van der Waals surface area contributed by atoms with E-state index in [1.165, 1.54) is 0 Å². The van der Waals surface area contributed by atoms with Gasteiger partial charge in [-0.05, 0) is 24.7 Å². The molecule has 1 aromatic rings. The summed E-state index contributed by atoms with van der Waals surface area (Å²) >= 11 is 4.90. The summed E-state index contributed by atoms with van der Waals surface area (Å²) in [5, 5.41) is 5.61. The van der Waals surface area contributed by atoms with Crippen molar-refractivity contribution in [3.8, 4) is 0 Å². The fourth-order valence-corrected chi connectivity index (χ4v) is 1.75. The molecular weight excluding hydrogens is 251 g/mol. The number of rotatable bonds is 4. The molecule has 0 fully saturated rings. The summed E-state index contributed by atoms with van der Waals surface area (Å²) in [6, 6.07) is 6.73. The van der Waals surface area contributed by atoms with Gasteiger partial charge in [-0.15, -0.1) is 0 Å². The molecular formula is C13H15FN2OS. The molecule has 0 atom stereocenters. The molecule has 0 radical (unpaired) electrons. The number of hydrogen-bond acceptors (Lipinski definition) is 2. The van der Waals surface area contributed by atoms with E-state index >= 15 is 0 Å². The van der Waals surface area contributed by atoms with Crippen LogP contribution in [0.1, 0.15) is 18.1 Å². The van der Waals surface area contributed by atoms with Crippen LogP contribution in [0.5, 0.6) is 0 Å². The number of halogens is 1. The molecule has 0 aliphatic carbocycles. The van der Waals surface area contributed by atoms with Crippen molar-refractivity contribution in [1.82, 2.24) is 10.6 Å². The van der Waals surface area contributed by atoms with Crippen LogP contribution < -0.4 is 10.6 Å². The van der Waals surface area contributed by atoms with Crippen LogP contribution in [-0.2, 0) is 11.2 Å². The molecule has 1 aromatic carbocycles. The Bertz CT molecular complexity index is 474. The minimum atomic E-state index is -0.548. The standard InChI is InChI=1S/C13H15FN2OS/c1-3-15-13(18)16-12(17)8-10-6-4-5-7-11(10)9(2)14/h4-7H,2-3,8H2,1H3,(H2,15,16,17,18). The van der Waals surface area contributed by atoms with Crippen molar-refractivity contribution < 1.29 is 9.18 Å². The fraction of sp³-hybridized carbons (Fsp3) is 0.231. The Morgan fingerprint density at radius 2 is 2.11 bits per heavy atom. The Labute approximate surface area is 111 Å². The van der Waals surface area contributed by atoms with Crippen molar-refractivity contribution in [2.24, 2.45) is 0 Å². The Hall–Kier alpha value is -1.75. The molecule has 0 aliphatic rings. The lowest BCUT2D eigenvalue weighted by Gasteiger charge is -2.09. The smallest absolute Gasteiger partial charge is 0.230 e. The molecule has 0 spiro atoms. The molecule has 0 aliphatic heterocycles. The van der Waals surface area contributed by atoms with E-state index < -0.39 is 5.83 Å². The van der Waals surface area contributed by atoms with Crippen LogP contribution in [0, 0.1) is 0 Å². The van der Waals surface area contributed by atoms with Gasteiger partial charge < -0.3 is 10.6 Å². The Morgan fingerprint density at radius 3 is 2.72 bits per heavy atom. The number of nitrogens with one attached hydrogen (secondary N) is 2. The highest BCUT2D eigenvalue weighted by Gasteiger charge is 2.10. The molecule has 96 valence electrons. The van der Waals surface area contributed by atoms with Gasteiger partial charge >= 0.3 is 0 Å². The first kappa shape index (κ1) is 14.3. The van der Waals surface area contributed by atoms with E-state index in [-0.39, 0.29) is 17.4 Å². The van der Waals surface area contributed by atoms with Gasteiger partial charge in [-0.3, -0.25) is 4.79 Å². The van der Waals surface area contributed by atoms with Crippen LogP contribution in [0.25, 0.3) is 5.83 Å². The van der Waals surface area contributed by atoms with E-state index in [0.29, 0.717) is 17.7 Å². The maximum atomic E-state index is 13.2. The molecule has 0 aromatic heterocycles. The van der Waals surface area contributed by atoms with Crippen LogP contribution in [0.3, 0.4) is 0 Å². The summed E-state index contributed by atoms with van der Waals surface area (Å²) in [5.74, 6) is -0.831. The largest absolute Gasteiger partial charge is 0.363 e. The molecule has 0 unspecified atom stereocenters. The van der Waals surface area contributed by atoms with Crippen molar-refractivity contribution in [3.05, 3.63) is 42.0 Å². The number of carbonyl (C=O) groups excluding carboxylic acids is 1. The lowest BCUT2D eigenvalue weighted by atomic mass is 10.0. The lowest BCUT2D eigenvalue weighted by molar-refractivity contribution is -0.119. The van der Waals surface area contributed by atoms with Crippen LogP contribution >= 0.6 is 12.2 Å². The molecule has 1 amide bonds. The van der Waals surface area contributed by atoms with Crippen molar-refractivity contribution in [1.29, 1.82) is 0 Å². The minimum Gasteiger partial charge on any atom is -0.363 e. The topological polar surface area (TPSA) is 41.1 Å². The van der Waals surface area contributed by atoms with Gasteiger partial charge in [0.15, 0.2) is 5.11 Å². The molecule has 5 heteroatoms. The maximum absolute atomic E-state index is 13.2. The Kier molecular flexibility index (Phi) is 5.45. The summed E-state index contributed by atoms with van der Waals surface area (Å²) in [7, 11) is 0. The van der Waals surface area contributed by atoms with Gasteiger partial charge in [-0.25, -0.2) is 4.39 Å². The van der Waals surface area contributed by atoms with E-state index in [4.69, 9.17) is 12.2 Å². The highest BCUT2D eigenvalue weighted by Crippen LogP contribution is 2.18. The van der Waals surface area contributed by atoms with Gasteiger partial charge in [0.2, 0.25) is 5.91 Å². The first-order valence-corrected chi connectivity index (χ1v) is 5.95. The summed E-state index contributed by atoms with van der Waals surface area (Å²) in [6.07, 6.45) is 0.0602.